The van der Waals surface area contributed by atoms with Crippen molar-refractivity contribution in [3.05, 3.63) is 33.8 Å². The monoisotopic (exact) mass is 355 g/mol. The van der Waals surface area contributed by atoms with Crippen LogP contribution in [0.4, 0.5) is 13.2 Å². The molecule has 1 aromatic rings. The van der Waals surface area contributed by atoms with Gasteiger partial charge in [-0.1, -0.05) is 15.9 Å². The van der Waals surface area contributed by atoms with Gasteiger partial charge >= 0.3 is 6.18 Å². The van der Waals surface area contributed by atoms with Crippen LogP contribution < -0.4 is 5.32 Å². The number of hydrogen-bond donors (Lipinski definition) is 1. The Morgan fingerprint density at radius 2 is 1.95 bits per heavy atom. The van der Waals surface area contributed by atoms with Crippen molar-refractivity contribution in [1.82, 2.24) is 5.32 Å². The summed E-state index contributed by atoms with van der Waals surface area (Å²) < 4.78 is 48.5. The van der Waals surface area contributed by atoms with Crippen molar-refractivity contribution in [3.63, 3.8) is 0 Å². The van der Waals surface area contributed by atoms with Crippen molar-refractivity contribution in [2.24, 2.45) is 0 Å². The van der Waals surface area contributed by atoms with Crippen molar-refractivity contribution >= 4 is 21.8 Å². The number of alkyl halides is 3. The zero-order valence-corrected chi connectivity index (χ0v) is 12.3. The molecule has 0 aliphatic rings. The van der Waals surface area contributed by atoms with Crippen LogP contribution >= 0.6 is 15.9 Å². The fourth-order valence-corrected chi connectivity index (χ4v) is 1.84. The quantitative estimate of drug-likeness (QED) is 0.826. The summed E-state index contributed by atoms with van der Waals surface area (Å²) in [6.45, 7) is -0.0564. The van der Waals surface area contributed by atoms with Gasteiger partial charge in [-0.15, -0.1) is 0 Å². The Morgan fingerprint density at radius 1 is 1.35 bits per heavy atom. The Labute approximate surface area is 122 Å². The summed E-state index contributed by atoms with van der Waals surface area (Å²) in [6.07, 6.45) is -5.33. The number of halogens is 4. The van der Waals surface area contributed by atoms with Crippen molar-refractivity contribution in [1.29, 1.82) is 0 Å². The maximum atomic E-state index is 12.9. The Kier molecular flexibility index (Phi) is 5.97. The summed E-state index contributed by atoms with van der Waals surface area (Å²) in [5, 5.41) is 2.33. The van der Waals surface area contributed by atoms with Crippen LogP contribution in [-0.4, -0.2) is 33.0 Å². The molecule has 4 nitrogen and oxygen atoms in total. The van der Waals surface area contributed by atoms with Gasteiger partial charge in [0.2, 0.25) is 0 Å². The van der Waals surface area contributed by atoms with E-state index in [4.69, 9.17) is 9.47 Å². The fourth-order valence-electron chi connectivity index (χ4n) is 1.48. The van der Waals surface area contributed by atoms with Crippen LogP contribution in [-0.2, 0) is 15.7 Å². The molecule has 0 unspecified atom stereocenters. The van der Waals surface area contributed by atoms with Gasteiger partial charge in [0.1, 0.15) is 0 Å². The number of carbonyl (C=O) groups excluding carboxylic acids is 1. The highest BCUT2D eigenvalue weighted by molar-refractivity contribution is 9.10. The lowest BCUT2D eigenvalue weighted by Crippen LogP contribution is -2.35. The zero-order chi connectivity index (χ0) is 15.3. The van der Waals surface area contributed by atoms with Gasteiger partial charge in [0, 0.05) is 18.7 Å². The average molecular weight is 356 g/mol. The van der Waals surface area contributed by atoms with Gasteiger partial charge in [-0.2, -0.15) is 13.2 Å². The summed E-state index contributed by atoms with van der Waals surface area (Å²) >= 11 is 2.95. The van der Waals surface area contributed by atoms with E-state index in [1.807, 2.05) is 0 Å². The molecule has 0 atom stereocenters. The number of nitrogens with one attached hydrogen (secondary N) is 1. The molecule has 0 aliphatic heterocycles. The second-order valence-electron chi connectivity index (χ2n) is 3.80. The molecule has 0 heterocycles. The third-order valence-corrected chi connectivity index (χ3v) is 2.98. The lowest BCUT2D eigenvalue weighted by molar-refractivity contribution is -0.138. The van der Waals surface area contributed by atoms with Crippen LogP contribution in [0.3, 0.4) is 0 Å². The van der Waals surface area contributed by atoms with Crippen molar-refractivity contribution in [3.8, 4) is 0 Å². The summed E-state index contributed by atoms with van der Waals surface area (Å²) in [7, 11) is 2.72. The van der Waals surface area contributed by atoms with Crippen LogP contribution in [0.5, 0.6) is 0 Å². The molecule has 20 heavy (non-hydrogen) atoms. The largest absolute Gasteiger partial charge is 0.417 e. The van der Waals surface area contributed by atoms with Gasteiger partial charge in [0.05, 0.1) is 17.7 Å². The molecule has 0 radical (unpaired) electrons. The second-order valence-corrected chi connectivity index (χ2v) is 4.71. The molecule has 1 rings (SSSR count). The minimum absolute atomic E-state index is 0.0564. The van der Waals surface area contributed by atoms with E-state index < -0.39 is 29.5 Å². The van der Waals surface area contributed by atoms with Gasteiger partial charge in [0.25, 0.3) is 5.91 Å². The van der Waals surface area contributed by atoms with Gasteiger partial charge in [-0.3, -0.25) is 4.79 Å². The number of hydrogen-bond acceptors (Lipinski definition) is 3. The maximum absolute atomic E-state index is 12.9. The molecular formula is C12H13BrF3NO3. The van der Waals surface area contributed by atoms with Crippen LogP contribution in [0, 0.1) is 0 Å². The topological polar surface area (TPSA) is 47.6 Å². The first kappa shape index (κ1) is 16.9. The van der Waals surface area contributed by atoms with E-state index in [0.29, 0.717) is 0 Å². The maximum Gasteiger partial charge on any atom is 0.417 e. The molecule has 0 fully saturated rings. The predicted octanol–water partition coefficient (Wildman–Crippen LogP) is 2.82. The van der Waals surface area contributed by atoms with Gasteiger partial charge in [0.15, 0.2) is 6.29 Å². The molecule has 0 saturated carbocycles. The third-order valence-electron chi connectivity index (χ3n) is 2.49. The molecule has 112 valence electrons. The van der Waals surface area contributed by atoms with Crippen LogP contribution in [0.2, 0.25) is 0 Å². The van der Waals surface area contributed by atoms with E-state index in [0.717, 1.165) is 12.1 Å². The Morgan fingerprint density at radius 3 is 2.45 bits per heavy atom. The lowest BCUT2D eigenvalue weighted by Gasteiger charge is -2.16. The molecule has 1 N–H and O–H groups in total. The van der Waals surface area contributed by atoms with E-state index in [9.17, 15) is 18.0 Å². The Hall–Kier alpha value is -1.12. The lowest BCUT2D eigenvalue weighted by atomic mass is 10.1. The first-order chi connectivity index (χ1) is 9.29. The molecule has 0 saturated heterocycles. The summed E-state index contributed by atoms with van der Waals surface area (Å²) in [5.41, 5.74) is -1.46. The number of methoxy groups -OCH3 is 2. The zero-order valence-electron chi connectivity index (χ0n) is 10.8. The molecule has 8 heteroatoms. The van der Waals surface area contributed by atoms with Crippen LogP contribution in [0.15, 0.2) is 22.7 Å². The molecule has 1 amide bonds. The molecule has 0 bridgehead atoms. The van der Waals surface area contributed by atoms with Crippen molar-refractivity contribution in [2.45, 2.75) is 12.5 Å². The average Bonchev–Trinajstić information content (AvgIpc) is 2.38. The van der Waals surface area contributed by atoms with E-state index in [1.54, 1.807) is 0 Å². The molecule has 1 aromatic carbocycles. The van der Waals surface area contributed by atoms with Gasteiger partial charge in [-0.25, -0.2) is 0 Å². The highest BCUT2D eigenvalue weighted by atomic mass is 79.9. The van der Waals surface area contributed by atoms with Gasteiger partial charge < -0.3 is 14.8 Å². The van der Waals surface area contributed by atoms with Crippen LogP contribution in [0.1, 0.15) is 15.9 Å². The first-order valence-electron chi connectivity index (χ1n) is 5.50. The summed E-state index contributed by atoms with van der Waals surface area (Å²) in [6, 6.07) is 3.34. The second kappa shape index (κ2) is 7.05. The number of ether oxygens (including phenoxy) is 2. The van der Waals surface area contributed by atoms with Crippen LogP contribution in [0.25, 0.3) is 0 Å². The van der Waals surface area contributed by atoms with E-state index >= 15 is 0 Å². The highest BCUT2D eigenvalue weighted by Gasteiger charge is 2.35. The summed E-state index contributed by atoms with van der Waals surface area (Å²) in [4.78, 5) is 11.8. The number of carbonyl (C=O) groups is 1. The van der Waals surface area contributed by atoms with Crippen molar-refractivity contribution < 1.29 is 27.4 Å². The smallest absolute Gasteiger partial charge is 0.354 e. The Balaban J connectivity index is 2.93. The fraction of sp³-hybridized carbons (Fsp3) is 0.417. The first-order valence-corrected chi connectivity index (χ1v) is 6.29. The van der Waals surface area contributed by atoms with E-state index in [1.165, 1.54) is 20.3 Å². The number of rotatable bonds is 5. The Bertz CT molecular complexity index is 476. The van der Waals surface area contributed by atoms with Crippen molar-refractivity contribution in [2.75, 3.05) is 20.8 Å². The highest BCUT2D eigenvalue weighted by Crippen LogP contribution is 2.33. The van der Waals surface area contributed by atoms with Gasteiger partial charge in [-0.05, 0) is 18.2 Å². The normalized spacial score (nSPS) is 11.8. The summed E-state index contributed by atoms with van der Waals surface area (Å²) in [5.74, 6) is -0.844. The predicted molar refractivity (Wildman–Crippen MR) is 69.3 cm³/mol. The minimum Gasteiger partial charge on any atom is -0.354 e. The van der Waals surface area contributed by atoms with E-state index in [-0.39, 0.29) is 11.0 Å². The molecule has 0 aliphatic carbocycles. The standard InChI is InChI=1S/C12H13BrF3NO3/c1-19-10(20-2)6-17-11(18)8-4-3-7(13)5-9(8)12(14,15)16/h3-5,10H,6H2,1-2H3,(H,17,18). The van der Waals surface area contributed by atoms with E-state index in [2.05, 4.69) is 21.2 Å². The number of amides is 1. The molecule has 0 spiro atoms. The molecule has 0 aromatic heterocycles. The third kappa shape index (κ3) is 4.46. The SMILES string of the molecule is COC(CNC(=O)c1ccc(Br)cc1C(F)(F)F)OC. The minimum atomic E-state index is -4.61. The number of benzene rings is 1. The molecular weight excluding hydrogens is 343 g/mol.